The minimum Gasteiger partial charge on any atom is -0.325 e. The second kappa shape index (κ2) is 8.38. The molecule has 0 fully saturated rings. The first-order valence-electron chi connectivity index (χ1n) is 8.50. The van der Waals surface area contributed by atoms with Crippen molar-refractivity contribution >= 4 is 23.4 Å². The van der Waals surface area contributed by atoms with Crippen molar-refractivity contribution in [2.45, 2.75) is 57.7 Å². The zero-order valence-corrected chi connectivity index (χ0v) is 16.1. The van der Waals surface area contributed by atoms with Crippen molar-refractivity contribution in [2.75, 3.05) is 11.1 Å². The molecule has 0 bridgehead atoms. The lowest BCUT2D eigenvalue weighted by Gasteiger charge is -2.22. The van der Waals surface area contributed by atoms with Crippen molar-refractivity contribution in [1.29, 1.82) is 0 Å². The van der Waals surface area contributed by atoms with Crippen LogP contribution >= 0.6 is 11.8 Å². The fourth-order valence-electron chi connectivity index (χ4n) is 2.49. The van der Waals surface area contributed by atoms with E-state index in [4.69, 9.17) is 0 Å². The van der Waals surface area contributed by atoms with Crippen LogP contribution in [0.25, 0.3) is 0 Å². The van der Waals surface area contributed by atoms with Gasteiger partial charge in [-0.2, -0.15) is 0 Å². The smallest absolute Gasteiger partial charge is 0.325 e. The monoisotopic (exact) mass is 362 g/mol. The van der Waals surface area contributed by atoms with Crippen LogP contribution in [0.1, 0.15) is 46.1 Å². The van der Waals surface area contributed by atoms with Crippen molar-refractivity contribution in [3.63, 3.8) is 0 Å². The maximum Gasteiger partial charge on any atom is 0.343 e. The summed E-state index contributed by atoms with van der Waals surface area (Å²) in [5.41, 5.74) is 1.63. The van der Waals surface area contributed by atoms with Gasteiger partial charge in [-0.05, 0) is 23.5 Å². The highest BCUT2D eigenvalue weighted by atomic mass is 32.2. The van der Waals surface area contributed by atoms with E-state index in [2.05, 4.69) is 43.2 Å². The zero-order chi connectivity index (χ0) is 18.4. The Morgan fingerprint density at radius 3 is 2.72 bits per heavy atom. The van der Waals surface area contributed by atoms with Gasteiger partial charge in [-0.15, -0.1) is 5.10 Å². The van der Waals surface area contributed by atoms with E-state index >= 15 is 0 Å². The van der Waals surface area contributed by atoms with Gasteiger partial charge in [-0.1, -0.05) is 64.1 Å². The molecule has 0 saturated heterocycles. The van der Waals surface area contributed by atoms with Gasteiger partial charge in [0.25, 0.3) is 0 Å². The number of anilines is 1. The molecule has 0 atom stereocenters. The van der Waals surface area contributed by atoms with Crippen molar-refractivity contribution in [2.24, 2.45) is 0 Å². The second-order valence-corrected chi connectivity index (χ2v) is 7.89. The fraction of sp³-hybridized carbons (Fsp3) is 0.500. The first-order chi connectivity index (χ1) is 11.8. The molecule has 1 aromatic carbocycles. The summed E-state index contributed by atoms with van der Waals surface area (Å²) in [6, 6.07) is 7.82. The molecule has 136 valence electrons. The van der Waals surface area contributed by atoms with Crippen LogP contribution in [0.15, 0.2) is 34.2 Å². The minimum atomic E-state index is -0.227. The number of unbranched alkanes of at least 4 members (excludes halogenated alkanes) is 1. The number of hydrogen-bond acceptors (Lipinski definition) is 4. The summed E-state index contributed by atoms with van der Waals surface area (Å²) in [7, 11) is 0. The Kier molecular flexibility index (Phi) is 6.47. The molecule has 0 saturated carbocycles. The molecule has 0 aliphatic rings. The van der Waals surface area contributed by atoms with Crippen LogP contribution in [0.2, 0.25) is 0 Å². The van der Waals surface area contributed by atoms with Gasteiger partial charge in [-0.25, -0.2) is 9.89 Å². The number of nitrogens with zero attached hydrogens (tertiary/aromatic N) is 2. The molecule has 6 nitrogen and oxygen atoms in total. The Balaban J connectivity index is 2.02. The predicted molar refractivity (Wildman–Crippen MR) is 102 cm³/mol. The summed E-state index contributed by atoms with van der Waals surface area (Å²) in [4.78, 5) is 24.1. The number of hydrogen-bond donors (Lipinski definition) is 2. The van der Waals surface area contributed by atoms with Crippen LogP contribution in [0.3, 0.4) is 0 Å². The van der Waals surface area contributed by atoms with E-state index in [0.29, 0.717) is 11.7 Å². The highest BCUT2D eigenvalue weighted by molar-refractivity contribution is 7.99. The average molecular weight is 362 g/mol. The Morgan fingerprint density at radius 1 is 1.32 bits per heavy atom. The van der Waals surface area contributed by atoms with Crippen molar-refractivity contribution in [3.05, 3.63) is 40.3 Å². The number of carbonyl (C=O) groups excluding carboxylic acids is 1. The number of amides is 1. The third-order valence-corrected chi connectivity index (χ3v) is 4.78. The molecule has 0 radical (unpaired) electrons. The fourth-order valence-corrected chi connectivity index (χ4v) is 3.26. The molecule has 2 aromatic rings. The number of nitrogens with one attached hydrogen (secondary N) is 2. The summed E-state index contributed by atoms with van der Waals surface area (Å²) in [6.07, 6.45) is 1.89. The number of para-hydroxylation sites is 1. The lowest BCUT2D eigenvalue weighted by molar-refractivity contribution is -0.113. The van der Waals surface area contributed by atoms with Gasteiger partial charge in [0.15, 0.2) is 5.16 Å². The maximum atomic E-state index is 12.3. The first kappa shape index (κ1) is 19.3. The van der Waals surface area contributed by atoms with Gasteiger partial charge in [0.05, 0.1) is 5.75 Å². The van der Waals surface area contributed by atoms with E-state index in [1.165, 1.54) is 11.8 Å². The molecule has 0 unspecified atom stereocenters. The molecule has 1 heterocycles. The van der Waals surface area contributed by atoms with Crippen LogP contribution in [0.4, 0.5) is 5.69 Å². The van der Waals surface area contributed by atoms with Gasteiger partial charge >= 0.3 is 5.69 Å². The summed E-state index contributed by atoms with van der Waals surface area (Å²) in [5.74, 6) is 0.0914. The topological polar surface area (TPSA) is 79.8 Å². The van der Waals surface area contributed by atoms with Crippen LogP contribution in [-0.2, 0) is 16.8 Å². The Bertz CT molecular complexity index is 774. The van der Waals surface area contributed by atoms with E-state index in [-0.39, 0.29) is 22.8 Å². The highest BCUT2D eigenvalue weighted by Crippen LogP contribution is 2.29. The normalized spacial score (nSPS) is 11.5. The highest BCUT2D eigenvalue weighted by Gasteiger charge is 2.19. The van der Waals surface area contributed by atoms with Gasteiger partial charge in [-0.3, -0.25) is 9.36 Å². The number of thioether (sulfide) groups is 1. The second-order valence-electron chi connectivity index (χ2n) is 6.95. The number of aromatic nitrogens is 3. The van der Waals surface area contributed by atoms with E-state index in [1.807, 2.05) is 24.3 Å². The third kappa shape index (κ3) is 5.22. The molecular formula is C18H26N4O2S. The number of H-pyrrole nitrogens is 1. The Labute approximate surface area is 152 Å². The molecule has 1 amide bonds. The van der Waals surface area contributed by atoms with Crippen LogP contribution in [0.5, 0.6) is 0 Å². The summed E-state index contributed by atoms with van der Waals surface area (Å²) in [6.45, 7) is 9.02. The molecular weight excluding hydrogens is 336 g/mol. The maximum absolute atomic E-state index is 12.3. The van der Waals surface area contributed by atoms with Crippen LogP contribution < -0.4 is 11.0 Å². The summed E-state index contributed by atoms with van der Waals surface area (Å²) < 4.78 is 1.59. The molecule has 1 aromatic heterocycles. The molecule has 7 heteroatoms. The van der Waals surface area contributed by atoms with Gasteiger partial charge < -0.3 is 5.32 Å². The molecule has 0 spiro atoms. The van der Waals surface area contributed by atoms with Gasteiger partial charge in [0.2, 0.25) is 5.91 Å². The van der Waals surface area contributed by atoms with Crippen molar-refractivity contribution in [1.82, 2.24) is 14.8 Å². The van der Waals surface area contributed by atoms with E-state index < -0.39 is 0 Å². The first-order valence-corrected chi connectivity index (χ1v) is 9.49. The van der Waals surface area contributed by atoms with Crippen molar-refractivity contribution < 1.29 is 4.79 Å². The van der Waals surface area contributed by atoms with E-state index in [0.717, 1.165) is 24.1 Å². The largest absolute Gasteiger partial charge is 0.343 e. The SMILES string of the molecule is CCCCn1c(SCC(=O)Nc2ccccc2C(C)(C)C)n[nH]c1=O. The summed E-state index contributed by atoms with van der Waals surface area (Å²) in [5, 5.41) is 9.99. The van der Waals surface area contributed by atoms with E-state index in [9.17, 15) is 9.59 Å². The average Bonchev–Trinajstić information content (AvgIpc) is 2.90. The van der Waals surface area contributed by atoms with Crippen LogP contribution in [0, 0.1) is 0 Å². The standard InChI is InChI=1S/C18H26N4O2S/c1-5-6-11-22-16(24)20-21-17(22)25-12-15(23)19-14-10-8-7-9-13(14)18(2,3)4/h7-10H,5-6,11-12H2,1-4H3,(H,19,23)(H,20,24). The lowest BCUT2D eigenvalue weighted by Crippen LogP contribution is -2.21. The van der Waals surface area contributed by atoms with Crippen molar-refractivity contribution in [3.8, 4) is 0 Å². The molecule has 2 N–H and O–H groups in total. The Morgan fingerprint density at radius 2 is 2.04 bits per heavy atom. The number of rotatable bonds is 7. The quantitative estimate of drug-likeness (QED) is 0.740. The number of aromatic amines is 1. The predicted octanol–water partition coefficient (Wildman–Crippen LogP) is 3.40. The zero-order valence-electron chi connectivity index (χ0n) is 15.3. The minimum absolute atomic E-state index is 0.0557. The molecule has 0 aliphatic heterocycles. The number of carbonyl (C=O) groups is 1. The van der Waals surface area contributed by atoms with E-state index in [1.54, 1.807) is 4.57 Å². The summed E-state index contributed by atoms with van der Waals surface area (Å²) >= 11 is 1.27. The molecule has 2 rings (SSSR count). The number of benzene rings is 1. The third-order valence-electron chi connectivity index (χ3n) is 3.80. The molecule has 0 aliphatic carbocycles. The lowest BCUT2D eigenvalue weighted by atomic mass is 9.86. The van der Waals surface area contributed by atoms with Gasteiger partial charge in [0.1, 0.15) is 0 Å². The Hall–Kier alpha value is -2.02. The molecule has 25 heavy (non-hydrogen) atoms. The van der Waals surface area contributed by atoms with Crippen LogP contribution in [-0.4, -0.2) is 26.4 Å². The van der Waals surface area contributed by atoms with Gasteiger partial charge in [0, 0.05) is 12.2 Å².